The Balaban J connectivity index is 2.45. The van der Waals surface area contributed by atoms with Gasteiger partial charge in [-0.25, -0.2) is 4.79 Å². The van der Waals surface area contributed by atoms with Crippen molar-refractivity contribution >= 4 is 29.6 Å². The molecule has 0 aromatic heterocycles. The molecule has 0 aliphatic heterocycles. The SMILES string of the molecule is O=C(/C=C/c1ccc(Cl)cc1)NC[C@H](O)C(=O)O. The van der Waals surface area contributed by atoms with Gasteiger partial charge in [-0.2, -0.15) is 0 Å². The lowest BCUT2D eigenvalue weighted by Gasteiger charge is -2.05. The minimum absolute atomic E-state index is 0.334. The van der Waals surface area contributed by atoms with Crippen LogP contribution in [-0.4, -0.2) is 34.7 Å². The summed E-state index contributed by atoms with van der Waals surface area (Å²) in [5, 5.41) is 20.2. The summed E-state index contributed by atoms with van der Waals surface area (Å²) in [6.45, 7) is -0.334. The first-order valence-corrected chi connectivity index (χ1v) is 5.49. The van der Waals surface area contributed by atoms with Gasteiger partial charge in [0.2, 0.25) is 5.91 Å². The first kappa shape index (κ1) is 14.2. The number of carbonyl (C=O) groups excluding carboxylic acids is 1. The molecule has 5 nitrogen and oxygen atoms in total. The number of aliphatic hydroxyl groups is 1. The average molecular weight is 270 g/mol. The summed E-state index contributed by atoms with van der Waals surface area (Å²) < 4.78 is 0. The van der Waals surface area contributed by atoms with Gasteiger partial charge in [-0.05, 0) is 23.8 Å². The molecule has 1 atom stereocenters. The number of hydrogen-bond acceptors (Lipinski definition) is 3. The van der Waals surface area contributed by atoms with Gasteiger partial charge < -0.3 is 15.5 Å². The zero-order valence-corrected chi connectivity index (χ0v) is 10.1. The van der Waals surface area contributed by atoms with E-state index in [9.17, 15) is 9.59 Å². The molecule has 1 rings (SSSR count). The summed E-state index contributed by atoms with van der Waals surface area (Å²) in [5.41, 5.74) is 0.785. The predicted molar refractivity (Wildman–Crippen MR) is 67.1 cm³/mol. The molecular weight excluding hydrogens is 258 g/mol. The highest BCUT2D eigenvalue weighted by atomic mass is 35.5. The summed E-state index contributed by atoms with van der Waals surface area (Å²) >= 11 is 5.70. The third kappa shape index (κ3) is 4.99. The number of hydrogen-bond donors (Lipinski definition) is 3. The average Bonchev–Trinajstić information content (AvgIpc) is 2.35. The van der Waals surface area contributed by atoms with Crippen molar-refractivity contribution in [2.45, 2.75) is 6.10 Å². The summed E-state index contributed by atoms with van der Waals surface area (Å²) in [5.74, 6) is -1.86. The molecule has 1 amide bonds. The predicted octanol–water partition coefficient (Wildman–Crippen LogP) is 0.915. The number of aliphatic hydroxyl groups excluding tert-OH is 1. The number of rotatable bonds is 5. The van der Waals surface area contributed by atoms with E-state index >= 15 is 0 Å². The third-order valence-corrected chi connectivity index (χ3v) is 2.30. The summed E-state index contributed by atoms with van der Waals surface area (Å²) in [4.78, 5) is 21.6. The molecule has 96 valence electrons. The van der Waals surface area contributed by atoms with Crippen LogP contribution in [0.3, 0.4) is 0 Å². The topological polar surface area (TPSA) is 86.6 Å². The maximum Gasteiger partial charge on any atom is 0.334 e. The Morgan fingerprint density at radius 2 is 1.94 bits per heavy atom. The number of carbonyl (C=O) groups is 2. The van der Waals surface area contributed by atoms with E-state index in [1.165, 1.54) is 6.08 Å². The van der Waals surface area contributed by atoms with Crippen LogP contribution in [0.1, 0.15) is 5.56 Å². The molecule has 0 radical (unpaired) electrons. The number of benzene rings is 1. The summed E-state index contributed by atoms with van der Waals surface area (Å²) in [6.07, 6.45) is 1.20. The van der Waals surface area contributed by atoms with E-state index in [1.54, 1.807) is 30.3 Å². The fourth-order valence-corrected chi connectivity index (χ4v) is 1.22. The van der Waals surface area contributed by atoms with Crippen molar-refractivity contribution in [3.63, 3.8) is 0 Å². The third-order valence-electron chi connectivity index (χ3n) is 2.05. The fourth-order valence-electron chi connectivity index (χ4n) is 1.09. The van der Waals surface area contributed by atoms with Gasteiger partial charge in [-0.15, -0.1) is 0 Å². The van der Waals surface area contributed by atoms with Crippen LogP contribution in [0.25, 0.3) is 6.08 Å². The van der Waals surface area contributed by atoms with Crippen molar-refractivity contribution in [2.24, 2.45) is 0 Å². The molecule has 0 spiro atoms. The largest absolute Gasteiger partial charge is 0.479 e. The summed E-state index contributed by atoms with van der Waals surface area (Å²) in [7, 11) is 0. The first-order valence-electron chi connectivity index (χ1n) is 5.11. The molecule has 18 heavy (non-hydrogen) atoms. The standard InChI is InChI=1S/C12H12ClNO4/c13-9-4-1-8(2-5-9)3-6-11(16)14-7-10(15)12(17)18/h1-6,10,15H,7H2,(H,14,16)(H,17,18)/b6-3+/t10-/m0/s1. The zero-order chi connectivity index (χ0) is 13.5. The lowest BCUT2D eigenvalue weighted by molar-refractivity contribution is -0.146. The molecule has 0 saturated carbocycles. The maximum absolute atomic E-state index is 11.3. The number of carboxylic acid groups (broad SMARTS) is 1. The smallest absolute Gasteiger partial charge is 0.334 e. The highest BCUT2D eigenvalue weighted by molar-refractivity contribution is 6.30. The van der Waals surface area contributed by atoms with E-state index in [4.69, 9.17) is 21.8 Å². The first-order chi connectivity index (χ1) is 8.49. The van der Waals surface area contributed by atoms with E-state index in [-0.39, 0.29) is 6.54 Å². The van der Waals surface area contributed by atoms with E-state index in [0.29, 0.717) is 5.02 Å². The molecule has 0 fully saturated rings. The van der Waals surface area contributed by atoms with E-state index < -0.39 is 18.0 Å². The van der Waals surface area contributed by atoms with Gasteiger partial charge in [-0.3, -0.25) is 4.79 Å². The molecule has 6 heteroatoms. The highest BCUT2D eigenvalue weighted by Crippen LogP contribution is 2.10. The number of halogens is 1. The Kier molecular flexibility index (Phi) is 5.35. The van der Waals surface area contributed by atoms with Gasteiger partial charge in [0.1, 0.15) is 0 Å². The van der Waals surface area contributed by atoms with Gasteiger partial charge in [0.25, 0.3) is 0 Å². The van der Waals surface area contributed by atoms with Gasteiger partial charge in [-0.1, -0.05) is 23.7 Å². The fraction of sp³-hybridized carbons (Fsp3) is 0.167. The second-order valence-corrected chi connectivity index (χ2v) is 3.92. The monoisotopic (exact) mass is 269 g/mol. The second-order valence-electron chi connectivity index (χ2n) is 3.48. The van der Waals surface area contributed by atoms with E-state index in [2.05, 4.69) is 5.32 Å². The van der Waals surface area contributed by atoms with Gasteiger partial charge in [0, 0.05) is 11.1 Å². The van der Waals surface area contributed by atoms with E-state index in [0.717, 1.165) is 5.56 Å². The number of amides is 1. The van der Waals surface area contributed by atoms with Crippen LogP contribution >= 0.6 is 11.6 Å². The molecule has 0 unspecified atom stereocenters. The van der Waals surface area contributed by atoms with Crippen LogP contribution in [0.15, 0.2) is 30.3 Å². The number of nitrogens with one attached hydrogen (secondary N) is 1. The maximum atomic E-state index is 11.3. The Morgan fingerprint density at radius 3 is 2.50 bits per heavy atom. The van der Waals surface area contributed by atoms with Crippen molar-refractivity contribution < 1.29 is 19.8 Å². The molecule has 0 saturated heterocycles. The molecule has 0 aliphatic carbocycles. The Hall–Kier alpha value is -1.85. The lowest BCUT2D eigenvalue weighted by Crippen LogP contribution is -2.35. The van der Waals surface area contributed by atoms with Crippen molar-refractivity contribution in [1.82, 2.24) is 5.32 Å². The molecule has 1 aromatic rings. The number of carboxylic acids is 1. The molecule has 3 N–H and O–H groups in total. The van der Waals surface area contributed by atoms with Crippen molar-refractivity contribution in [1.29, 1.82) is 0 Å². The Bertz CT molecular complexity index is 456. The van der Waals surface area contributed by atoms with Crippen LogP contribution in [0.2, 0.25) is 5.02 Å². The van der Waals surface area contributed by atoms with Crippen LogP contribution in [0.5, 0.6) is 0 Å². The highest BCUT2D eigenvalue weighted by Gasteiger charge is 2.12. The molecular formula is C12H12ClNO4. The van der Waals surface area contributed by atoms with Gasteiger partial charge >= 0.3 is 5.97 Å². The molecule has 1 aromatic carbocycles. The van der Waals surface area contributed by atoms with Gasteiger partial charge in [0.15, 0.2) is 6.10 Å². The normalized spacial score (nSPS) is 12.3. The van der Waals surface area contributed by atoms with Gasteiger partial charge in [0.05, 0.1) is 6.54 Å². The van der Waals surface area contributed by atoms with Crippen molar-refractivity contribution in [2.75, 3.05) is 6.54 Å². The quantitative estimate of drug-likeness (QED) is 0.694. The van der Waals surface area contributed by atoms with Crippen LogP contribution in [0.4, 0.5) is 0 Å². The number of aliphatic carboxylic acids is 1. The molecule has 0 bridgehead atoms. The molecule has 0 aliphatic rings. The van der Waals surface area contributed by atoms with Crippen LogP contribution < -0.4 is 5.32 Å². The van der Waals surface area contributed by atoms with Crippen molar-refractivity contribution in [3.8, 4) is 0 Å². The van der Waals surface area contributed by atoms with Crippen LogP contribution in [-0.2, 0) is 9.59 Å². The van der Waals surface area contributed by atoms with Crippen molar-refractivity contribution in [3.05, 3.63) is 40.9 Å². The minimum atomic E-state index is -1.60. The minimum Gasteiger partial charge on any atom is -0.479 e. The molecule has 0 heterocycles. The Labute approximate surface area is 109 Å². The summed E-state index contributed by atoms with van der Waals surface area (Å²) in [6, 6.07) is 6.84. The van der Waals surface area contributed by atoms with Crippen LogP contribution in [0, 0.1) is 0 Å². The Morgan fingerprint density at radius 1 is 1.33 bits per heavy atom. The second kappa shape index (κ2) is 6.78. The van der Waals surface area contributed by atoms with E-state index in [1.807, 2.05) is 0 Å². The lowest BCUT2D eigenvalue weighted by atomic mass is 10.2. The zero-order valence-electron chi connectivity index (χ0n) is 9.34.